The van der Waals surface area contributed by atoms with Crippen molar-refractivity contribution in [3.63, 3.8) is 0 Å². The van der Waals surface area contributed by atoms with E-state index >= 15 is 0 Å². The summed E-state index contributed by atoms with van der Waals surface area (Å²) in [6, 6.07) is 9.36. The molecule has 0 fully saturated rings. The Morgan fingerprint density at radius 2 is 1.88 bits per heavy atom. The molecule has 1 N–H and O–H groups in total. The number of alkyl halides is 2. The molecule has 0 bridgehead atoms. The van der Waals surface area contributed by atoms with Crippen LogP contribution < -0.4 is 4.74 Å². The van der Waals surface area contributed by atoms with Crippen LogP contribution >= 0.6 is 11.8 Å². The van der Waals surface area contributed by atoms with Gasteiger partial charge in [-0.3, -0.25) is 0 Å². The number of ether oxygens (including phenoxy) is 1. The lowest BCUT2D eigenvalue weighted by Gasteiger charge is -2.25. The Morgan fingerprint density at radius 1 is 1.16 bits per heavy atom. The van der Waals surface area contributed by atoms with Gasteiger partial charge in [-0.25, -0.2) is 4.39 Å². The molecular weight excluding hydrogens is 353 g/mol. The third kappa shape index (κ3) is 2.70. The molecule has 1 aliphatic rings. The van der Waals surface area contributed by atoms with Crippen molar-refractivity contribution in [2.75, 3.05) is 0 Å². The second-order valence-corrected chi connectivity index (χ2v) is 6.66. The van der Waals surface area contributed by atoms with Crippen molar-refractivity contribution in [2.45, 2.75) is 22.7 Å². The highest BCUT2D eigenvalue weighted by molar-refractivity contribution is 8.00. The molecule has 126 valence electrons. The molecule has 1 unspecified atom stereocenters. The predicted molar refractivity (Wildman–Crippen MR) is 82.7 cm³/mol. The van der Waals surface area contributed by atoms with Gasteiger partial charge in [0.25, 0.3) is 0 Å². The van der Waals surface area contributed by atoms with Crippen molar-refractivity contribution in [2.24, 2.45) is 0 Å². The van der Waals surface area contributed by atoms with Crippen LogP contribution in [0.3, 0.4) is 0 Å². The fourth-order valence-corrected chi connectivity index (χ4v) is 3.64. The number of benzene rings is 2. The molecule has 0 aromatic heterocycles. The molecule has 4 nitrogen and oxygen atoms in total. The van der Waals surface area contributed by atoms with Gasteiger partial charge in [0.1, 0.15) is 28.9 Å². The zero-order valence-corrected chi connectivity index (χ0v) is 13.5. The molecule has 0 spiro atoms. The van der Waals surface area contributed by atoms with Crippen LogP contribution in [0.1, 0.15) is 23.6 Å². The molecule has 0 saturated carbocycles. The van der Waals surface area contributed by atoms with E-state index in [1.54, 1.807) is 12.1 Å². The van der Waals surface area contributed by atoms with E-state index in [1.165, 1.54) is 18.2 Å². The number of nitrogens with zero attached hydrogens (tertiary/aromatic N) is 2. The number of nitriles is 2. The van der Waals surface area contributed by atoms with Crippen LogP contribution in [-0.4, -0.2) is 10.4 Å². The predicted octanol–water partition coefficient (Wildman–Crippen LogP) is 4.27. The third-order valence-electron chi connectivity index (χ3n) is 3.76. The van der Waals surface area contributed by atoms with E-state index in [1.807, 2.05) is 0 Å². The highest BCUT2D eigenvalue weighted by atomic mass is 32.2. The van der Waals surface area contributed by atoms with Crippen molar-refractivity contribution in [3.05, 3.63) is 52.8 Å². The van der Waals surface area contributed by atoms with Gasteiger partial charge in [0.05, 0.1) is 11.6 Å². The zero-order valence-electron chi connectivity index (χ0n) is 12.7. The molecule has 0 saturated heterocycles. The molecule has 8 heteroatoms. The molecule has 0 amide bonds. The smallest absolute Gasteiger partial charge is 0.330 e. The van der Waals surface area contributed by atoms with Gasteiger partial charge in [0, 0.05) is 16.5 Å². The largest absolute Gasteiger partial charge is 0.456 e. The van der Waals surface area contributed by atoms with E-state index in [0.29, 0.717) is 0 Å². The van der Waals surface area contributed by atoms with Crippen LogP contribution in [0.4, 0.5) is 13.2 Å². The second kappa shape index (κ2) is 5.69. The molecule has 2 aromatic carbocycles. The number of rotatable bonds is 2. The molecule has 1 heterocycles. The van der Waals surface area contributed by atoms with E-state index < -0.39 is 16.7 Å². The average Bonchev–Trinajstić information content (AvgIpc) is 2.72. The minimum Gasteiger partial charge on any atom is -0.456 e. The van der Waals surface area contributed by atoms with Gasteiger partial charge in [-0.1, -0.05) is 0 Å². The highest BCUT2D eigenvalue weighted by Gasteiger charge is 2.59. The van der Waals surface area contributed by atoms with Crippen molar-refractivity contribution < 1.29 is 23.0 Å². The maximum atomic E-state index is 14.0. The molecule has 25 heavy (non-hydrogen) atoms. The van der Waals surface area contributed by atoms with Crippen LogP contribution in [0.15, 0.2) is 35.2 Å². The Kier molecular flexibility index (Phi) is 3.91. The third-order valence-corrected chi connectivity index (χ3v) is 4.97. The van der Waals surface area contributed by atoms with Gasteiger partial charge in [0.2, 0.25) is 0 Å². The standard InChI is InChI=1S/C17H9F3N2O2S/c1-16(23)15-12(8-22)13(2-3-14(15)25-17(16,19)20)24-11-5-9(7-21)4-10(18)6-11/h2-6,23H,1H3. The lowest BCUT2D eigenvalue weighted by molar-refractivity contribution is -0.110. The van der Waals surface area contributed by atoms with Gasteiger partial charge in [-0.2, -0.15) is 19.3 Å². The zero-order chi connectivity index (χ0) is 18.4. The molecule has 2 aromatic rings. The summed E-state index contributed by atoms with van der Waals surface area (Å²) >= 11 is 0.160. The Labute approximate surface area is 145 Å². The molecule has 1 aliphatic heterocycles. The van der Waals surface area contributed by atoms with Gasteiger partial charge < -0.3 is 9.84 Å². The number of thioether (sulfide) groups is 1. The quantitative estimate of drug-likeness (QED) is 0.863. The normalized spacial score (nSPS) is 20.4. The summed E-state index contributed by atoms with van der Waals surface area (Å²) in [4.78, 5) is 0.0656. The number of fused-ring (bicyclic) bond motifs is 1. The first-order chi connectivity index (χ1) is 11.7. The van der Waals surface area contributed by atoms with Crippen LogP contribution in [0.25, 0.3) is 0 Å². The summed E-state index contributed by atoms with van der Waals surface area (Å²) < 4.78 is 47.0. The maximum absolute atomic E-state index is 14.0. The Bertz CT molecular complexity index is 962. The summed E-state index contributed by atoms with van der Waals surface area (Å²) in [6.07, 6.45) is 0. The second-order valence-electron chi connectivity index (χ2n) is 5.50. The maximum Gasteiger partial charge on any atom is 0.330 e. The lowest BCUT2D eigenvalue weighted by atomic mass is 9.91. The van der Waals surface area contributed by atoms with Gasteiger partial charge in [0.15, 0.2) is 5.60 Å². The van der Waals surface area contributed by atoms with E-state index in [4.69, 9.17) is 10.00 Å². The van der Waals surface area contributed by atoms with Crippen molar-refractivity contribution in [1.82, 2.24) is 0 Å². The van der Waals surface area contributed by atoms with E-state index in [0.717, 1.165) is 19.1 Å². The highest BCUT2D eigenvalue weighted by Crippen LogP contribution is 2.59. The summed E-state index contributed by atoms with van der Waals surface area (Å²) in [6.45, 7) is 0.923. The van der Waals surface area contributed by atoms with Crippen LogP contribution in [0, 0.1) is 28.5 Å². The number of hydrogen-bond acceptors (Lipinski definition) is 5. The Balaban J connectivity index is 2.11. The molecule has 0 radical (unpaired) electrons. The SMILES string of the molecule is CC1(O)c2c(ccc(Oc3cc(F)cc(C#N)c3)c2C#N)SC1(F)F. The van der Waals surface area contributed by atoms with Gasteiger partial charge >= 0.3 is 5.25 Å². The van der Waals surface area contributed by atoms with Gasteiger partial charge in [-0.15, -0.1) is 0 Å². The fourth-order valence-electron chi connectivity index (χ4n) is 2.52. The topological polar surface area (TPSA) is 77.0 Å². The Hall–Kier alpha value is -2.68. The molecule has 0 aliphatic carbocycles. The lowest BCUT2D eigenvalue weighted by Crippen LogP contribution is -2.36. The summed E-state index contributed by atoms with van der Waals surface area (Å²) in [5, 5.41) is 25.0. The number of aliphatic hydroxyl groups is 1. The first kappa shape index (κ1) is 17.2. The van der Waals surface area contributed by atoms with Crippen molar-refractivity contribution in [1.29, 1.82) is 10.5 Å². The van der Waals surface area contributed by atoms with E-state index in [9.17, 15) is 23.5 Å². The van der Waals surface area contributed by atoms with Crippen LogP contribution in [-0.2, 0) is 5.60 Å². The minimum absolute atomic E-state index is 0.00348. The summed E-state index contributed by atoms with van der Waals surface area (Å²) in [7, 11) is 0. The number of hydrogen-bond donors (Lipinski definition) is 1. The van der Waals surface area contributed by atoms with Gasteiger partial charge in [-0.05, 0) is 43.0 Å². The number of halogens is 3. The Morgan fingerprint density at radius 3 is 2.52 bits per heavy atom. The van der Waals surface area contributed by atoms with Crippen molar-refractivity contribution >= 4 is 11.8 Å². The fraction of sp³-hybridized carbons (Fsp3) is 0.176. The monoisotopic (exact) mass is 362 g/mol. The first-order valence-corrected chi connectivity index (χ1v) is 7.76. The van der Waals surface area contributed by atoms with E-state index in [2.05, 4.69) is 0 Å². The molecule has 3 rings (SSSR count). The minimum atomic E-state index is -3.51. The van der Waals surface area contributed by atoms with Crippen molar-refractivity contribution in [3.8, 4) is 23.6 Å². The molecule has 1 atom stereocenters. The van der Waals surface area contributed by atoms with Crippen LogP contribution in [0.2, 0.25) is 0 Å². The van der Waals surface area contributed by atoms with Crippen LogP contribution in [0.5, 0.6) is 11.5 Å². The average molecular weight is 362 g/mol. The van der Waals surface area contributed by atoms with E-state index in [-0.39, 0.29) is 44.8 Å². The summed E-state index contributed by atoms with van der Waals surface area (Å²) in [5.74, 6) is -0.901. The summed E-state index contributed by atoms with van der Waals surface area (Å²) in [5.41, 5.74) is -3.06. The molecular formula is C17H9F3N2O2S. The first-order valence-electron chi connectivity index (χ1n) is 6.95.